The summed E-state index contributed by atoms with van der Waals surface area (Å²) in [5.41, 5.74) is 2.23. The molecule has 4 rings (SSSR count). The van der Waals surface area contributed by atoms with Crippen molar-refractivity contribution in [2.45, 2.75) is 45.2 Å². The van der Waals surface area contributed by atoms with Gasteiger partial charge in [-0.1, -0.05) is 48.5 Å². The number of aryl methyl sites for hydroxylation is 1. The quantitative estimate of drug-likeness (QED) is 0.419. The van der Waals surface area contributed by atoms with E-state index in [0.29, 0.717) is 19.8 Å². The number of hydrogen-bond donors (Lipinski definition) is 2. The molecule has 1 atom stereocenters. The molecule has 0 saturated carbocycles. The third kappa shape index (κ3) is 5.64. The van der Waals surface area contributed by atoms with Crippen molar-refractivity contribution >= 4 is 5.96 Å². The number of rotatable bonds is 8. The van der Waals surface area contributed by atoms with Crippen molar-refractivity contribution in [1.82, 2.24) is 25.4 Å². The van der Waals surface area contributed by atoms with E-state index in [-0.39, 0.29) is 6.04 Å². The first-order chi connectivity index (χ1) is 15.7. The second kappa shape index (κ2) is 10.8. The summed E-state index contributed by atoms with van der Waals surface area (Å²) < 4.78 is 13.2. The van der Waals surface area contributed by atoms with Gasteiger partial charge >= 0.3 is 0 Å². The third-order valence-electron chi connectivity index (χ3n) is 5.40. The predicted molar refractivity (Wildman–Crippen MR) is 123 cm³/mol. The normalized spacial score (nSPS) is 15.8. The van der Waals surface area contributed by atoms with Crippen LogP contribution in [0.25, 0.3) is 0 Å². The minimum Gasteiger partial charge on any atom is -0.489 e. The van der Waals surface area contributed by atoms with Crippen LogP contribution in [0.15, 0.2) is 59.6 Å². The molecule has 1 aromatic heterocycles. The molecule has 8 nitrogen and oxygen atoms in total. The van der Waals surface area contributed by atoms with E-state index in [2.05, 4.69) is 43.9 Å². The lowest BCUT2D eigenvalue weighted by Gasteiger charge is -2.25. The molecule has 0 spiro atoms. The van der Waals surface area contributed by atoms with Crippen LogP contribution in [0.1, 0.15) is 29.2 Å². The van der Waals surface area contributed by atoms with Crippen molar-refractivity contribution in [3.63, 3.8) is 0 Å². The van der Waals surface area contributed by atoms with Gasteiger partial charge in [0.15, 0.2) is 11.8 Å². The first-order valence-electron chi connectivity index (χ1n) is 10.9. The predicted octanol–water partition coefficient (Wildman–Crippen LogP) is 2.68. The molecule has 32 heavy (non-hydrogen) atoms. The highest BCUT2D eigenvalue weighted by molar-refractivity contribution is 5.80. The zero-order valence-electron chi connectivity index (χ0n) is 18.6. The van der Waals surface area contributed by atoms with Crippen molar-refractivity contribution in [2.24, 2.45) is 4.99 Å². The van der Waals surface area contributed by atoms with E-state index < -0.39 is 0 Å². The van der Waals surface area contributed by atoms with Gasteiger partial charge in [0.05, 0.1) is 6.54 Å². The number of methoxy groups -OCH3 is 1. The molecule has 0 radical (unpaired) electrons. The standard InChI is InChI=1S/C24H30N6O2/c1-25-24(27-20-12-13-23-28-22(17-31-2)29-30(23)15-20)26-14-19-10-6-7-11-21(19)32-16-18-8-4-3-5-9-18/h3-11,20H,12-17H2,1-2H3,(H2,25,26,27). The van der Waals surface area contributed by atoms with E-state index in [1.165, 1.54) is 0 Å². The number of benzene rings is 2. The Bertz CT molecular complexity index is 1030. The summed E-state index contributed by atoms with van der Waals surface area (Å²) in [5.74, 6) is 3.38. The van der Waals surface area contributed by atoms with Crippen LogP contribution in [-0.2, 0) is 37.5 Å². The number of para-hydroxylation sites is 1. The van der Waals surface area contributed by atoms with Crippen LogP contribution in [0, 0.1) is 0 Å². The first kappa shape index (κ1) is 21.8. The van der Waals surface area contributed by atoms with Crippen LogP contribution < -0.4 is 15.4 Å². The summed E-state index contributed by atoms with van der Waals surface area (Å²) in [6.45, 7) is 2.35. The van der Waals surface area contributed by atoms with Gasteiger partial charge in [0.25, 0.3) is 0 Å². The Morgan fingerprint density at radius 1 is 1.12 bits per heavy atom. The van der Waals surface area contributed by atoms with Crippen molar-refractivity contribution < 1.29 is 9.47 Å². The van der Waals surface area contributed by atoms with Crippen molar-refractivity contribution in [1.29, 1.82) is 0 Å². The monoisotopic (exact) mass is 434 g/mol. The number of aliphatic imine (C=N–C) groups is 1. The fourth-order valence-electron chi connectivity index (χ4n) is 3.76. The Hall–Kier alpha value is -3.39. The molecule has 0 bridgehead atoms. The Morgan fingerprint density at radius 2 is 1.94 bits per heavy atom. The minimum absolute atomic E-state index is 0.232. The molecule has 0 fully saturated rings. The third-order valence-corrected chi connectivity index (χ3v) is 5.40. The molecule has 0 saturated heterocycles. The molecule has 0 aliphatic carbocycles. The van der Waals surface area contributed by atoms with Gasteiger partial charge in [-0.2, -0.15) is 5.10 Å². The smallest absolute Gasteiger partial charge is 0.191 e. The summed E-state index contributed by atoms with van der Waals surface area (Å²) in [6, 6.07) is 18.5. The van der Waals surface area contributed by atoms with Gasteiger partial charge in [-0.15, -0.1) is 0 Å². The van der Waals surface area contributed by atoms with E-state index in [4.69, 9.17) is 9.47 Å². The number of ether oxygens (including phenoxy) is 2. The second-order valence-corrected chi connectivity index (χ2v) is 7.75. The van der Waals surface area contributed by atoms with E-state index in [1.54, 1.807) is 14.2 Å². The summed E-state index contributed by atoms with van der Waals surface area (Å²) in [4.78, 5) is 8.94. The van der Waals surface area contributed by atoms with Crippen LogP contribution in [0.4, 0.5) is 0 Å². The summed E-state index contributed by atoms with van der Waals surface area (Å²) in [7, 11) is 3.44. The van der Waals surface area contributed by atoms with Crippen LogP contribution in [0.2, 0.25) is 0 Å². The Labute approximate surface area is 188 Å². The highest BCUT2D eigenvalue weighted by Gasteiger charge is 2.22. The van der Waals surface area contributed by atoms with Gasteiger partial charge in [-0.25, -0.2) is 9.67 Å². The van der Waals surface area contributed by atoms with Crippen molar-refractivity contribution in [3.8, 4) is 5.75 Å². The zero-order chi connectivity index (χ0) is 22.2. The summed E-state index contributed by atoms with van der Waals surface area (Å²) in [6.07, 6.45) is 1.85. The molecule has 3 aromatic rings. The Kier molecular flexibility index (Phi) is 7.34. The van der Waals surface area contributed by atoms with Crippen molar-refractivity contribution in [2.75, 3.05) is 14.2 Å². The maximum Gasteiger partial charge on any atom is 0.191 e. The molecule has 2 aromatic carbocycles. The minimum atomic E-state index is 0.232. The van der Waals surface area contributed by atoms with Gasteiger partial charge in [0.1, 0.15) is 24.8 Å². The number of fused-ring (bicyclic) bond motifs is 1. The second-order valence-electron chi connectivity index (χ2n) is 7.75. The highest BCUT2D eigenvalue weighted by atomic mass is 16.5. The largest absolute Gasteiger partial charge is 0.489 e. The van der Waals surface area contributed by atoms with Crippen LogP contribution in [-0.4, -0.2) is 40.9 Å². The molecule has 2 heterocycles. The lowest BCUT2D eigenvalue weighted by Crippen LogP contribution is -2.46. The number of hydrogen-bond acceptors (Lipinski definition) is 5. The Morgan fingerprint density at radius 3 is 2.75 bits per heavy atom. The number of aromatic nitrogens is 3. The molecule has 0 amide bonds. The maximum atomic E-state index is 6.07. The molecule has 1 aliphatic rings. The fraction of sp³-hybridized carbons (Fsp3) is 0.375. The van der Waals surface area contributed by atoms with E-state index >= 15 is 0 Å². The Balaban J connectivity index is 1.32. The van der Waals surface area contributed by atoms with Crippen molar-refractivity contribution in [3.05, 3.63) is 77.4 Å². The molecule has 168 valence electrons. The number of guanidine groups is 1. The van der Waals surface area contributed by atoms with Crippen LogP contribution in [0.5, 0.6) is 5.75 Å². The van der Waals surface area contributed by atoms with Gasteiger partial charge in [0, 0.05) is 38.7 Å². The molecular formula is C24H30N6O2. The first-order valence-corrected chi connectivity index (χ1v) is 10.9. The van der Waals surface area contributed by atoms with Crippen LogP contribution >= 0.6 is 0 Å². The van der Waals surface area contributed by atoms with Gasteiger partial charge in [-0.3, -0.25) is 4.99 Å². The molecule has 1 aliphatic heterocycles. The number of nitrogens with zero attached hydrogens (tertiary/aromatic N) is 4. The molecule has 8 heteroatoms. The van der Waals surface area contributed by atoms with Crippen LogP contribution in [0.3, 0.4) is 0 Å². The topological polar surface area (TPSA) is 85.6 Å². The van der Waals surface area contributed by atoms with Gasteiger partial charge in [0.2, 0.25) is 0 Å². The van der Waals surface area contributed by atoms with E-state index in [1.807, 2.05) is 41.1 Å². The summed E-state index contributed by atoms with van der Waals surface area (Å²) in [5, 5.41) is 11.5. The maximum absolute atomic E-state index is 6.07. The van der Waals surface area contributed by atoms with E-state index in [9.17, 15) is 0 Å². The SMILES string of the molecule is CN=C(NCc1ccccc1OCc1ccccc1)NC1CCc2nc(COC)nn2C1. The highest BCUT2D eigenvalue weighted by Crippen LogP contribution is 2.19. The molecule has 2 N–H and O–H groups in total. The summed E-state index contributed by atoms with van der Waals surface area (Å²) >= 11 is 0. The van der Waals surface area contributed by atoms with E-state index in [0.717, 1.165) is 53.9 Å². The lowest BCUT2D eigenvalue weighted by atomic mass is 10.1. The molecule has 1 unspecified atom stereocenters. The zero-order valence-corrected chi connectivity index (χ0v) is 18.6. The average Bonchev–Trinajstić information content (AvgIpc) is 3.23. The fourth-order valence-corrected chi connectivity index (χ4v) is 3.76. The average molecular weight is 435 g/mol. The number of nitrogens with one attached hydrogen (secondary N) is 2. The molecular weight excluding hydrogens is 404 g/mol. The van der Waals surface area contributed by atoms with Gasteiger partial charge in [-0.05, 0) is 18.1 Å². The van der Waals surface area contributed by atoms with Gasteiger partial charge < -0.3 is 20.1 Å². The lowest BCUT2D eigenvalue weighted by molar-refractivity contribution is 0.177.